The lowest BCUT2D eigenvalue weighted by molar-refractivity contribution is -0.117. The Labute approximate surface area is 125 Å². The summed E-state index contributed by atoms with van der Waals surface area (Å²) in [4.78, 5) is 16.9. The second-order valence-corrected chi connectivity index (χ2v) is 6.25. The van der Waals surface area contributed by atoms with Gasteiger partial charge in [-0.05, 0) is 55.6 Å². The van der Waals surface area contributed by atoms with Crippen molar-refractivity contribution in [2.45, 2.75) is 38.1 Å². The summed E-state index contributed by atoms with van der Waals surface area (Å²) in [5.74, 6) is 0.199. The van der Waals surface area contributed by atoms with Crippen molar-refractivity contribution in [3.8, 4) is 0 Å². The molecular weight excluding hydrogens is 262 g/mol. The Balaban J connectivity index is 1.96. The number of amides is 1. The molecule has 1 aromatic carbocycles. The molecule has 2 heterocycles. The number of likely N-dealkylation sites (tertiary alicyclic amines) is 1. The van der Waals surface area contributed by atoms with E-state index in [1.165, 1.54) is 30.3 Å². The van der Waals surface area contributed by atoms with Crippen molar-refractivity contribution < 1.29 is 4.79 Å². The first-order valence-corrected chi connectivity index (χ1v) is 7.64. The predicted octanol–water partition coefficient (Wildman–Crippen LogP) is 2.39. The fraction of sp³-hybridized carbons (Fsp3) is 0.471. The van der Waals surface area contributed by atoms with Gasteiger partial charge in [0.1, 0.15) is 0 Å². The molecule has 0 spiro atoms. The van der Waals surface area contributed by atoms with Crippen LogP contribution in [0.5, 0.6) is 0 Å². The highest BCUT2D eigenvalue weighted by molar-refractivity contribution is 5.86. The molecule has 1 aromatic heterocycles. The lowest BCUT2D eigenvalue weighted by atomic mass is 9.91. The van der Waals surface area contributed by atoms with Crippen LogP contribution in [0.2, 0.25) is 0 Å². The Kier molecular flexibility index (Phi) is 3.72. The summed E-state index contributed by atoms with van der Waals surface area (Å²) in [6, 6.07) is 6.73. The average molecular weight is 285 g/mol. The van der Waals surface area contributed by atoms with Gasteiger partial charge in [-0.2, -0.15) is 0 Å². The third-order valence-corrected chi connectivity index (χ3v) is 4.80. The normalized spacial score (nSPS) is 21.0. The van der Waals surface area contributed by atoms with Crippen molar-refractivity contribution >= 4 is 16.8 Å². The van der Waals surface area contributed by atoms with Gasteiger partial charge in [-0.25, -0.2) is 0 Å². The molecule has 1 aliphatic heterocycles. The number of carbonyl (C=O) groups excluding carboxylic acids is 1. The minimum absolute atomic E-state index is 0.282. The maximum absolute atomic E-state index is 11.1. The van der Waals surface area contributed by atoms with E-state index >= 15 is 0 Å². The van der Waals surface area contributed by atoms with Gasteiger partial charge >= 0.3 is 0 Å². The van der Waals surface area contributed by atoms with Crippen LogP contribution < -0.4 is 5.73 Å². The summed E-state index contributed by atoms with van der Waals surface area (Å²) in [7, 11) is 2.21. The molecule has 1 fully saturated rings. The van der Waals surface area contributed by atoms with Crippen LogP contribution in [0.1, 0.15) is 36.8 Å². The molecule has 4 nitrogen and oxygen atoms in total. The summed E-state index contributed by atoms with van der Waals surface area (Å²) in [6.07, 6.45) is 4.96. The van der Waals surface area contributed by atoms with Gasteiger partial charge in [0, 0.05) is 23.1 Å². The number of hydrogen-bond acceptors (Lipinski definition) is 2. The van der Waals surface area contributed by atoms with Gasteiger partial charge in [-0.3, -0.25) is 4.79 Å². The van der Waals surface area contributed by atoms with Crippen LogP contribution in [0, 0.1) is 0 Å². The highest BCUT2D eigenvalue weighted by Gasteiger charge is 2.28. The van der Waals surface area contributed by atoms with E-state index < -0.39 is 0 Å². The second-order valence-electron chi connectivity index (χ2n) is 6.25. The molecule has 21 heavy (non-hydrogen) atoms. The molecule has 2 atom stereocenters. The highest BCUT2D eigenvalue weighted by Crippen LogP contribution is 2.34. The summed E-state index contributed by atoms with van der Waals surface area (Å²) in [5, 5.41) is 1.22. The molecule has 1 amide bonds. The van der Waals surface area contributed by atoms with E-state index in [-0.39, 0.29) is 5.91 Å². The Bertz CT molecular complexity index is 661. The number of rotatable bonds is 4. The van der Waals surface area contributed by atoms with Gasteiger partial charge in [0.25, 0.3) is 0 Å². The van der Waals surface area contributed by atoms with Crippen LogP contribution in [0.4, 0.5) is 0 Å². The molecule has 1 aliphatic rings. The monoisotopic (exact) mass is 285 g/mol. The van der Waals surface area contributed by atoms with Crippen LogP contribution in [-0.2, 0) is 11.2 Å². The summed E-state index contributed by atoms with van der Waals surface area (Å²) in [5.41, 5.74) is 8.77. The molecule has 2 aromatic rings. The Morgan fingerprint density at radius 1 is 1.52 bits per heavy atom. The number of benzene rings is 1. The van der Waals surface area contributed by atoms with E-state index in [2.05, 4.69) is 36.1 Å². The standard InChI is InChI=1S/C17H23N3O/c1-11(16-4-3-7-20(16)2)14-10-19-15-6-5-12(8-13(14)15)9-17(18)21/h5-6,8,10-11,16,19H,3-4,7,9H2,1-2H3,(H2,18,21). The number of aromatic nitrogens is 1. The van der Waals surface area contributed by atoms with Crippen LogP contribution in [-0.4, -0.2) is 35.4 Å². The number of carbonyl (C=O) groups is 1. The van der Waals surface area contributed by atoms with E-state index in [9.17, 15) is 4.79 Å². The van der Waals surface area contributed by atoms with E-state index in [4.69, 9.17) is 5.73 Å². The third-order valence-electron chi connectivity index (χ3n) is 4.80. The third kappa shape index (κ3) is 2.68. The maximum Gasteiger partial charge on any atom is 0.221 e. The molecule has 3 rings (SSSR count). The van der Waals surface area contributed by atoms with Gasteiger partial charge in [-0.1, -0.05) is 13.0 Å². The van der Waals surface area contributed by atoms with Crippen molar-refractivity contribution in [1.29, 1.82) is 0 Å². The number of nitrogens with two attached hydrogens (primary N) is 1. The van der Waals surface area contributed by atoms with Crippen molar-refractivity contribution in [3.05, 3.63) is 35.5 Å². The number of H-pyrrole nitrogens is 1. The van der Waals surface area contributed by atoms with Crippen molar-refractivity contribution in [1.82, 2.24) is 9.88 Å². The number of primary amides is 1. The van der Waals surface area contributed by atoms with E-state index in [0.29, 0.717) is 18.4 Å². The van der Waals surface area contributed by atoms with Gasteiger partial charge in [0.15, 0.2) is 0 Å². The number of fused-ring (bicyclic) bond motifs is 1. The van der Waals surface area contributed by atoms with E-state index in [1.54, 1.807) is 0 Å². The fourth-order valence-electron chi connectivity index (χ4n) is 3.65. The molecule has 2 unspecified atom stereocenters. The molecule has 0 saturated carbocycles. The van der Waals surface area contributed by atoms with E-state index in [1.807, 2.05) is 12.1 Å². The van der Waals surface area contributed by atoms with Gasteiger partial charge in [0.2, 0.25) is 5.91 Å². The van der Waals surface area contributed by atoms with Crippen molar-refractivity contribution in [2.75, 3.05) is 13.6 Å². The first-order chi connectivity index (χ1) is 10.1. The van der Waals surface area contributed by atoms with Gasteiger partial charge in [0.05, 0.1) is 6.42 Å². The maximum atomic E-state index is 11.1. The quantitative estimate of drug-likeness (QED) is 0.906. The first kappa shape index (κ1) is 14.1. The zero-order valence-corrected chi connectivity index (χ0v) is 12.7. The topological polar surface area (TPSA) is 62.1 Å². The molecule has 1 saturated heterocycles. The summed E-state index contributed by atoms with van der Waals surface area (Å²) >= 11 is 0. The predicted molar refractivity (Wildman–Crippen MR) is 85.3 cm³/mol. The van der Waals surface area contributed by atoms with Gasteiger partial charge < -0.3 is 15.6 Å². The first-order valence-electron chi connectivity index (χ1n) is 7.64. The molecular formula is C17H23N3O. The van der Waals surface area contributed by atoms with Crippen LogP contribution in [0.25, 0.3) is 10.9 Å². The molecule has 0 aliphatic carbocycles. The van der Waals surface area contributed by atoms with Crippen molar-refractivity contribution in [2.24, 2.45) is 5.73 Å². The minimum Gasteiger partial charge on any atom is -0.369 e. The lowest BCUT2D eigenvalue weighted by Gasteiger charge is -2.26. The number of likely N-dealkylation sites (N-methyl/N-ethyl adjacent to an activating group) is 1. The Hall–Kier alpha value is -1.81. The largest absolute Gasteiger partial charge is 0.369 e. The zero-order valence-electron chi connectivity index (χ0n) is 12.7. The molecule has 0 bridgehead atoms. The molecule has 3 N–H and O–H groups in total. The SMILES string of the molecule is CC(c1c[nH]c2ccc(CC(N)=O)cc12)C1CCCN1C. The molecule has 112 valence electrons. The van der Waals surface area contributed by atoms with Crippen molar-refractivity contribution in [3.63, 3.8) is 0 Å². The summed E-state index contributed by atoms with van der Waals surface area (Å²) in [6.45, 7) is 3.49. The average Bonchev–Trinajstić information content (AvgIpc) is 3.03. The second kappa shape index (κ2) is 5.53. The van der Waals surface area contributed by atoms with E-state index in [0.717, 1.165) is 11.1 Å². The van der Waals surface area contributed by atoms with Crippen LogP contribution >= 0.6 is 0 Å². The lowest BCUT2D eigenvalue weighted by Crippen LogP contribution is -2.29. The molecule has 4 heteroatoms. The summed E-state index contributed by atoms with van der Waals surface area (Å²) < 4.78 is 0. The minimum atomic E-state index is -0.282. The fourth-order valence-corrected chi connectivity index (χ4v) is 3.65. The number of nitrogens with one attached hydrogen (secondary N) is 1. The van der Waals surface area contributed by atoms with Crippen LogP contribution in [0.3, 0.4) is 0 Å². The Morgan fingerprint density at radius 2 is 2.33 bits per heavy atom. The number of nitrogens with zero attached hydrogens (tertiary/aromatic N) is 1. The highest BCUT2D eigenvalue weighted by atomic mass is 16.1. The Morgan fingerprint density at radius 3 is 3.00 bits per heavy atom. The zero-order chi connectivity index (χ0) is 15.0. The smallest absolute Gasteiger partial charge is 0.221 e. The number of hydrogen-bond donors (Lipinski definition) is 2. The van der Waals surface area contributed by atoms with Gasteiger partial charge in [-0.15, -0.1) is 0 Å². The molecule has 0 radical (unpaired) electrons. The number of aromatic amines is 1. The van der Waals surface area contributed by atoms with Crippen LogP contribution in [0.15, 0.2) is 24.4 Å².